The number of methoxy groups -OCH3 is 3. The molecule has 19 nitrogen and oxygen atoms in total. The maximum atomic E-state index is 14.8. The molecule has 5 atom stereocenters. The predicted molar refractivity (Wildman–Crippen MR) is 291 cm³/mol. The van der Waals surface area contributed by atoms with Crippen LogP contribution in [0.1, 0.15) is 54.7 Å². The molecule has 8 rings (SSSR count). The highest BCUT2D eigenvalue weighted by molar-refractivity contribution is 6.13. The molecule has 0 aliphatic carbocycles. The molecule has 0 unspecified atom stereocenters. The summed E-state index contributed by atoms with van der Waals surface area (Å²) < 4.78 is 47.2. The van der Waals surface area contributed by atoms with Crippen molar-refractivity contribution in [1.82, 2.24) is 15.5 Å². The van der Waals surface area contributed by atoms with Crippen LogP contribution in [0.3, 0.4) is 0 Å². The number of rotatable bonds is 25. The number of nitrogens with one attached hydrogen (secondary N) is 2. The number of likely N-dealkylation sites (tertiary alicyclic amines) is 1. The van der Waals surface area contributed by atoms with Crippen molar-refractivity contribution in [3.63, 3.8) is 0 Å². The fourth-order valence-electron chi connectivity index (χ4n) is 10.1. The predicted octanol–water partition coefficient (Wildman–Crippen LogP) is 5.37. The minimum absolute atomic E-state index is 0.00817. The van der Waals surface area contributed by atoms with Crippen LogP contribution in [0.2, 0.25) is 0 Å². The molecule has 2 aliphatic heterocycles. The minimum atomic E-state index is -3.23. The van der Waals surface area contributed by atoms with E-state index in [0.717, 1.165) is 23.6 Å². The first-order chi connectivity index (χ1) is 38.7. The number of amides is 3. The number of carbonyl (C=O) groups is 5. The Morgan fingerprint density at radius 3 is 1.54 bits per heavy atom. The van der Waals surface area contributed by atoms with Crippen LogP contribution in [0, 0.1) is 5.41 Å². The van der Waals surface area contributed by atoms with Gasteiger partial charge in [-0.25, -0.2) is 9.59 Å². The lowest BCUT2D eigenvalue weighted by Crippen LogP contribution is -2.83. The van der Waals surface area contributed by atoms with Crippen LogP contribution in [0.15, 0.2) is 164 Å². The summed E-state index contributed by atoms with van der Waals surface area (Å²) in [6.45, 7) is -0.0620. The number of hydrogen-bond donors (Lipinski definition) is 5. The van der Waals surface area contributed by atoms with Crippen LogP contribution < -0.4 is 24.8 Å². The van der Waals surface area contributed by atoms with Gasteiger partial charge in [0.05, 0.1) is 65.3 Å². The molecule has 0 spiro atoms. The van der Waals surface area contributed by atoms with E-state index in [1.807, 2.05) is 72.8 Å². The zero-order valence-corrected chi connectivity index (χ0v) is 44.8. The number of carbonyl (C=O) groups excluding carboxylic acids is 5. The Balaban J connectivity index is 0.933. The van der Waals surface area contributed by atoms with Crippen molar-refractivity contribution in [3.05, 3.63) is 197 Å². The number of esters is 1. The molecule has 0 bridgehead atoms. The number of benzene rings is 6. The summed E-state index contributed by atoms with van der Waals surface area (Å²) in [7, 11) is 4.77. The lowest BCUT2D eigenvalue weighted by molar-refractivity contribution is -0.308. The summed E-state index contributed by atoms with van der Waals surface area (Å²) in [5.41, 5.74) is -6.27. The average Bonchev–Trinajstić information content (AvgIpc) is 3.51. The summed E-state index contributed by atoms with van der Waals surface area (Å²) in [6.07, 6.45) is -3.73. The van der Waals surface area contributed by atoms with Gasteiger partial charge >= 0.3 is 12.0 Å². The van der Waals surface area contributed by atoms with Crippen molar-refractivity contribution in [1.29, 1.82) is 0 Å². The maximum Gasteiger partial charge on any atom is 0.338 e. The van der Waals surface area contributed by atoms with Crippen molar-refractivity contribution in [2.75, 3.05) is 80.6 Å². The number of urea groups is 1. The normalized spacial score (nSPS) is 20.3. The zero-order valence-electron chi connectivity index (χ0n) is 44.8. The van der Waals surface area contributed by atoms with Crippen molar-refractivity contribution < 1.29 is 77.2 Å². The van der Waals surface area contributed by atoms with E-state index in [-0.39, 0.29) is 69.4 Å². The fourth-order valence-corrected chi connectivity index (χ4v) is 10.1. The zero-order chi connectivity index (χ0) is 56.9. The Morgan fingerprint density at radius 1 is 0.625 bits per heavy atom. The van der Waals surface area contributed by atoms with Crippen molar-refractivity contribution in [2.45, 2.75) is 42.2 Å². The van der Waals surface area contributed by atoms with E-state index < -0.39 is 76.7 Å². The second kappa shape index (κ2) is 25.8. The molecule has 2 aliphatic rings. The molecule has 2 fully saturated rings. The quantitative estimate of drug-likeness (QED) is 0.0209. The number of ketones is 2. The van der Waals surface area contributed by atoms with Crippen LogP contribution in [0.4, 0.5) is 4.79 Å². The number of aliphatic hydroxyl groups is 3. The van der Waals surface area contributed by atoms with E-state index in [2.05, 4.69) is 10.6 Å². The second-order valence-electron chi connectivity index (χ2n) is 19.4. The van der Waals surface area contributed by atoms with Gasteiger partial charge < -0.3 is 68.7 Å². The Hall–Kier alpha value is -8.01. The van der Waals surface area contributed by atoms with Crippen molar-refractivity contribution in [3.8, 4) is 17.2 Å². The molecule has 2 heterocycles. The van der Waals surface area contributed by atoms with Gasteiger partial charge in [0, 0.05) is 37.7 Å². The molecule has 80 heavy (non-hydrogen) atoms. The molecular weight excluding hydrogens is 1030 g/mol. The van der Waals surface area contributed by atoms with E-state index in [9.17, 15) is 39.3 Å². The van der Waals surface area contributed by atoms with Gasteiger partial charge in [0.2, 0.25) is 11.7 Å². The first-order valence-electron chi connectivity index (χ1n) is 25.9. The maximum absolute atomic E-state index is 14.8. The minimum Gasteiger partial charge on any atom is -0.497 e. The summed E-state index contributed by atoms with van der Waals surface area (Å²) in [5, 5.41) is 42.1. The summed E-state index contributed by atoms with van der Waals surface area (Å²) in [5.74, 6) is -2.02. The third-order valence-corrected chi connectivity index (χ3v) is 14.4. The second-order valence-corrected chi connectivity index (χ2v) is 19.4. The Bertz CT molecular complexity index is 2920. The number of Topliss-reactive ketones (excluding diaryl/α,β-unsaturated/α-hetero) is 2. The highest BCUT2D eigenvalue weighted by Crippen LogP contribution is 2.46. The van der Waals surface area contributed by atoms with Gasteiger partial charge in [0.1, 0.15) is 41.6 Å². The number of nitrogens with zero attached hydrogens (tertiary/aromatic N) is 1. The van der Waals surface area contributed by atoms with E-state index in [0.29, 0.717) is 17.2 Å². The van der Waals surface area contributed by atoms with Crippen molar-refractivity contribution in [2.24, 2.45) is 5.41 Å². The average molecular weight is 1100 g/mol. The molecular formula is C61H65N3O16. The first kappa shape index (κ1) is 58.1. The summed E-state index contributed by atoms with van der Waals surface area (Å²) >= 11 is 0. The van der Waals surface area contributed by atoms with Crippen LogP contribution >= 0.6 is 0 Å². The monoisotopic (exact) mass is 1100 g/mol. The molecule has 3 amide bonds. The molecule has 6 aromatic carbocycles. The molecule has 6 aromatic rings. The smallest absolute Gasteiger partial charge is 0.338 e. The highest BCUT2D eigenvalue weighted by Gasteiger charge is 2.73. The van der Waals surface area contributed by atoms with E-state index >= 15 is 0 Å². The standard InChI is InChI=1S/C61H65N3O16/c1-41(66)63-52-56(80-51(36-78-55(69)44-18-12-7-13-19-44)60(71,53(67)42-14-8-5-9-15-42)61(52,72)54(68)43-16-10-6-11-17-43)77-35-34-76-33-32-62-57(70)64-37-58(38-64,39-65)40-79-59(45-20-26-48(73-2)27-21-45,46-22-28-49(74-3)29-23-46)47-24-30-50(75-4)31-25-47/h5-31,51-52,56,65,71-72H,32-40H2,1-4H3,(H,62,70)(H,63,66)/t51-,52+,56-,60-,61+/m1/s1. The molecule has 0 radical (unpaired) electrons. The van der Waals surface area contributed by atoms with Crippen LogP contribution in [-0.4, -0.2) is 160 Å². The molecule has 0 saturated carbocycles. The number of hydrogen-bond acceptors (Lipinski definition) is 16. The largest absolute Gasteiger partial charge is 0.497 e. The van der Waals surface area contributed by atoms with Gasteiger partial charge in [-0.2, -0.15) is 0 Å². The Kier molecular flexibility index (Phi) is 18.8. The van der Waals surface area contributed by atoms with E-state index in [4.69, 9.17) is 37.9 Å². The van der Waals surface area contributed by atoms with Gasteiger partial charge in [-0.05, 0) is 65.2 Å². The first-order valence-corrected chi connectivity index (χ1v) is 25.9. The van der Waals surface area contributed by atoms with Gasteiger partial charge in [-0.15, -0.1) is 0 Å². The molecule has 5 N–H and O–H groups in total. The SMILES string of the molecule is COc1ccc(C(OCC2(CO)CN(C(=O)NCCOCCO[C@@H]3O[C@H](COC(=O)c4ccccc4)[C@@](O)(C(=O)c4ccccc4)[C@@](O)(C(=O)c4ccccc4)[C@H]3NC(C)=O)C2)(c2ccc(OC)cc2)c2ccc(OC)cc2)cc1. The lowest BCUT2D eigenvalue weighted by atomic mass is 9.64. The molecule has 2 saturated heterocycles. The van der Waals surface area contributed by atoms with Crippen molar-refractivity contribution >= 4 is 29.5 Å². The lowest BCUT2D eigenvalue weighted by Gasteiger charge is -2.54. The number of aliphatic hydroxyl groups excluding tert-OH is 1. The summed E-state index contributed by atoms with van der Waals surface area (Å²) in [4.78, 5) is 70.8. The van der Waals surface area contributed by atoms with Gasteiger partial charge in [0.15, 0.2) is 23.3 Å². The fraction of sp³-hybridized carbons (Fsp3) is 0.328. The molecule has 19 heteroatoms. The highest BCUT2D eigenvalue weighted by atomic mass is 16.7. The number of ether oxygens (including phenoxy) is 8. The van der Waals surface area contributed by atoms with E-state index in [1.54, 1.807) is 56.6 Å². The van der Waals surface area contributed by atoms with Gasteiger partial charge in [0.25, 0.3) is 0 Å². The Morgan fingerprint density at radius 2 is 1.09 bits per heavy atom. The Labute approximate surface area is 463 Å². The van der Waals surface area contributed by atoms with Crippen LogP contribution in [-0.2, 0) is 34.1 Å². The molecule has 0 aromatic heterocycles. The van der Waals surface area contributed by atoms with Crippen LogP contribution in [0.25, 0.3) is 0 Å². The van der Waals surface area contributed by atoms with Crippen LogP contribution in [0.5, 0.6) is 17.2 Å². The van der Waals surface area contributed by atoms with E-state index in [1.165, 1.54) is 60.7 Å². The summed E-state index contributed by atoms with van der Waals surface area (Å²) in [6, 6.07) is 42.9. The third kappa shape index (κ3) is 12.1. The van der Waals surface area contributed by atoms with Gasteiger partial charge in [-0.3, -0.25) is 14.4 Å². The molecule has 420 valence electrons. The third-order valence-electron chi connectivity index (χ3n) is 14.4. The topological polar surface area (TPSA) is 247 Å². The van der Waals surface area contributed by atoms with Gasteiger partial charge in [-0.1, -0.05) is 115 Å².